The van der Waals surface area contributed by atoms with E-state index in [1.54, 1.807) is 4.52 Å². The van der Waals surface area contributed by atoms with E-state index >= 15 is 0 Å². The summed E-state index contributed by atoms with van der Waals surface area (Å²) in [4.78, 5) is 4.48. The highest BCUT2D eigenvalue weighted by Gasteiger charge is 2.17. The summed E-state index contributed by atoms with van der Waals surface area (Å²) >= 11 is 6.23. The fourth-order valence-electron chi connectivity index (χ4n) is 1.87. The highest BCUT2D eigenvalue weighted by molar-refractivity contribution is 6.30. The highest BCUT2D eigenvalue weighted by Crippen LogP contribution is 2.19. The van der Waals surface area contributed by atoms with Gasteiger partial charge in [-0.25, -0.2) is 4.98 Å². The van der Waals surface area contributed by atoms with Gasteiger partial charge in [-0.15, -0.1) is 0 Å². The lowest BCUT2D eigenvalue weighted by Gasteiger charge is -2.03. The molecule has 94 valence electrons. The maximum atomic E-state index is 6.23. The molecule has 0 aromatic carbocycles. The maximum Gasteiger partial charge on any atom is 0.233 e. The standard InChI is InChI=1S/C11H18ClN5/c1-7(2)6-9-15-17-10(12)8(4-5-13)14-11(17)16(9)3/h7H,4-6,13H2,1-3H3. The fraction of sp³-hybridized carbons (Fsp3) is 0.636. The van der Waals surface area contributed by atoms with Crippen molar-refractivity contribution in [3.63, 3.8) is 0 Å². The van der Waals surface area contributed by atoms with Crippen molar-refractivity contribution in [3.8, 4) is 0 Å². The summed E-state index contributed by atoms with van der Waals surface area (Å²) in [5, 5.41) is 5.08. The van der Waals surface area contributed by atoms with Gasteiger partial charge in [-0.05, 0) is 12.5 Å². The van der Waals surface area contributed by atoms with Crippen LogP contribution in [0.3, 0.4) is 0 Å². The fourth-order valence-corrected chi connectivity index (χ4v) is 2.12. The van der Waals surface area contributed by atoms with Crippen LogP contribution in [0.5, 0.6) is 0 Å². The summed E-state index contributed by atoms with van der Waals surface area (Å²) in [6, 6.07) is 0. The molecule has 2 aromatic rings. The zero-order valence-corrected chi connectivity index (χ0v) is 11.2. The third kappa shape index (κ3) is 2.17. The van der Waals surface area contributed by atoms with E-state index < -0.39 is 0 Å². The molecule has 6 heteroatoms. The number of rotatable bonds is 4. The summed E-state index contributed by atoms with van der Waals surface area (Å²) in [6.07, 6.45) is 1.60. The number of imidazole rings is 1. The van der Waals surface area contributed by atoms with Crippen molar-refractivity contribution < 1.29 is 0 Å². The van der Waals surface area contributed by atoms with Crippen molar-refractivity contribution in [2.45, 2.75) is 26.7 Å². The Kier molecular flexibility index (Phi) is 3.40. The number of nitrogens with zero attached hydrogens (tertiary/aromatic N) is 4. The lowest BCUT2D eigenvalue weighted by molar-refractivity contribution is 0.600. The molecule has 2 aromatic heterocycles. The van der Waals surface area contributed by atoms with Gasteiger partial charge in [0.25, 0.3) is 0 Å². The molecule has 0 radical (unpaired) electrons. The predicted octanol–water partition coefficient (Wildman–Crippen LogP) is 1.42. The van der Waals surface area contributed by atoms with E-state index in [4.69, 9.17) is 17.3 Å². The zero-order valence-electron chi connectivity index (χ0n) is 10.4. The number of hydrogen-bond donors (Lipinski definition) is 1. The van der Waals surface area contributed by atoms with Crippen molar-refractivity contribution in [1.29, 1.82) is 0 Å². The molecule has 0 aliphatic heterocycles. The molecular weight excluding hydrogens is 238 g/mol. The van der Waals surface area contributed by atoms with Crippen LogP contribution in [0, 0.1) is 5.92 Å². The van der Waals surface area contributed by atoms with Crippen LogP contribution < -0.4 is 5.73 Å². The number of nitrogens with two attached hydrogens (primary N) is 1. The molecule has 2 N–H and O–H groups in total. The molecule has 0 bridgehead atoms. The number of fused-ring (bicyclic) bond motifs is 1. The monoisotopic (exact) mass is 255 g/mol. The van der Waals surface area contributed by atoms with Gasteiger partial charge in [-0.3, -0.25) is 4.57 Å². The van der Waals surface area contributed by atoms with Gasteiger partial charge in [0.05, 0.1) is 5.69 Å². The van der Waals surface area contributed by atoms with E-state index in [0.717, 1.165) is 23.7 Å². The summed E-state index contributed by atoms with van der Waals surface area (Å²) in [7, 11) is 1.97. The van der Waals surface area contributed by atoms with Crippen molar-refractivity contribution in [3.05, 3.63) is 16.7 Å². The Balaban J connectivity index is 2.46. The van der Waals surface area contributed by atoms with E-state index in [-0.39, 0.29) is 0 Å². The molecule has 0 amide bonds. The van der Waals surface area contributed by atoms with E-state index in [0.29, 0.717) is 24.0 Å². The third-order valence-corrected chi connectivity index (χ3v) is 3.10. The average Bonchev–Trinajstić information content (AvgIpc) is 2.70. The summed E-state index contributed by atoms with van der Waals surface area (Å²) in [5.41, 5.74) is 6.34. The van der Waals surface area contributed by atoms with Gasteiger partial charge in [0.2, 0.25) is 5.78 Å². The third-order valence-electron chi connectivity index (χ3n) is 2.72. The summed E-state index contributed by atoms with van der Waals surface area (Å²) in [5.74, 6) is 2.35. The highest BCUT2D eigenvalue weighted by atomic mass is 35.5. The molecule has 2 heterocycles. The Hall–Kier alpha value is -1.07. The van der Waals surface area contributed by atoms with Gasteiger partial charge in [0.1, 0.15) is 5.82 Å². The van der Waals surface area contributed by atoms with Crippen LogP contribution in [0.4, 0.5) is 0 Å². The molecule has 0 saturated heterocycles. The molecular formula is C11H18ClN5. The molecule has 5 nitrogen and oxygen atoms in total. The normalized spacial score (nSPS) is 11.9. The van der Waals surface area contributed by atoms with Gasteiger partial charge in [-0.1, -0.05) is 25.4 Å². The molecule has 0 aliphatic rings. The zero-order chi connectivity index (χ0) is 12.6. The molecule has 0 fully saturated rings. The quantitative estimate of drug-likeness (QED) is 0.899. The topological polar surface area (TPSA) is 61.1 Å². The minimum Gasteiger partial charge on any atom is -0.330 e. The molecule has 17 heavy (non-hydrogen) atoms. The van der Waals surface area contributed by atoms with Gasteiger partial charge in [0.15, 0.2) is 5.15 Å². The second kappa shape index (κ2) is 4.66. The first kappa shape index (κ1) is 12.4. The Morgan fingerprint density at radius 2 is 2.12 bits per heavy atom. The van der Waals surface area contributed by atoms with Gasteiger partial charge in [0, 0.05) is 19.9 Å². The smallest absolute Gasteiger partial charge is 0.233 e. The van der Waals surface area contributed by atoms with Crippen molar-refractivity contribution >= 4 is 17.4 Å². The molecule has 0 unspecified atom stereocenters. The first-order valence-corrected chi connectivity index (χ1v) is 6.21. The van der Waals surface area contributed by atoms with Gasteiger partial charge < -0.3 is 5.73 Å². The van der Waals surface area contributed by atoms with Crippen LogP contribution in [0.25, 0.3) is 5.78 Å². The summed E-state index contributed by atoms with van der Waals surface area (Å²) < 4.78 is 3.69. The number of aromatic nitrogens is 4. The van der Waals surface area contributed by atoms with E-state index in [1.807, 2.05) is 11.6 Å². The predicted molar refractivity (Wildman–Crippen MR) is 68.3 cm³/mol. The Labute approximate surface area is 106 Å². The number of halogens is 1. The first-order valence-electron chi connectivity index (χ1n) is 5.83. The molecule has 2 rings (SSSR count). The Morgan fingerprint density at radius 1 is 1.41 bits per heavy atom. The van der Waals surface area contributed by atoms with Crippen LogP contribution in [0.15, 0.2) is 0 Å². The van der Waals surface area contributed by atoms with Gasteiger partial charge in [-0.2, -0.15) is 9.61 Å². The largest absolute Gasteiger partial charge is 0.330 e. The average molecular weight is 256 g/mol. The van der Waals surface area contributed by atoms with Gasteiger partial charge >= 0.3 is 0 Å². The van der Waals surface area contributed by atoms with Crippen molar-refractivity contribution in [2.24, 2.45) is 18.7 Å². The van der Waals surface area contributed by atoms with Crippen LogP contribution in [0.1, 0.15) is 25.4 Å². The Bertz CT molecular complexity index is 525. The SMILES string of the molecule is CC(C)Cc1nn2c(Cl)c(CCN)nc2n1C. The second-order valence-electron chi connectivity index (χ2n) is 4.67. The molecule has 0 spiro atoms. The minimum absolute atomic E-state index is 0.544. The minimum atomic E-state index is 0.544. The van der Waals surface area contributed by atoms with Crippen LogP contribution in [0.2, 0.25) is 5.15 Å². The second-order valence-corrected chi connectivity index (χ2v) is 5.03. The lowest BCUT2D eigenvalue weighted by atomic mass is 10.1. The van der Waals surface area contributed by atoms with Crippen LogP contribution in [-0.4, -0.2) is 25.7 Å². The van der Waals surface area contributed by atoms with E-state index in [2.05, 4.69) is 23.9 Å². The first-order chi connectivity index (χ1) is 8.04. The van der Waals surface area contributed by atoms with Crippen molar-refractivity contribution in [1.82, 2.24) is 19.2 Å². The molecule has 0 atom stereocenters. The maximum absolute atomic E-state index is 6.23. The van der Waals surface area contributed by atoms with Crippen molar-refractivity contribution in [2.75, 3.05) is 6.54 Å². The van der Waals surface area contributed by atoms with E-state index in [9.17, 15) is 0 Å². The number of hydrogen-bond acceptors (Lipinski definition) is 3. The van der Waals surface area contributed by atoms with E-state index in [1.165, 1.54) is 0 Å². The number of aryl methyl sites for hydroxylation is 1. The lowest BCUT2D eigenvalue weighted by Crippen LogP contribution is -2.05. The van der Waals surface area contributed by atoms with Crippen LogP contribution in [-0.2, 0) is 19.9 Å². The molecule has 0 aliphatic carbocycles. The molecule has 0 saturated carbocycles. The van der Waals surface area contributed by atoms with Crippen LogP contribution >= 0.6 is 11.6 Å². The Morgan fingerprint density at radius 3 is 2.65 bits per heavy atom. The summed E-state index contributed by atoms with van der Waals surface area (Å²) in [6.45, 7) is 4.88.